The lowest BCUT2D eigenvalue weighted by molar-refractivity contribution is 0.0695. The van der Waals surface area contributed by atoms with E-state index in [2.05, 4.69) is 10.3 Å². The van der Waals surface area contributed by atoms with Crippen LogP contribution in [0.25, 0.3) is 11.1 Å². The van der Waals surface area contributed by atoms with E-state index in [0.717, 1.165) is 22.3 Å². The number of hydrogen-bond donors (Lipinski definition) is 2. The molecule has 4 rings (SSSR count). The van der Waals surface area contributed by atoms with E-state index >= 15 is 0 Å². The quantitative estimate of drug-likeness (QED) is 0.331. The molecule has 3 aromatic carbocycles. The van der Waals surface area contributed by atoms with Gasteiger partial charge in [0.25, 0.3) is 5.91 Å². The van der Waals surface area contributed by atoms with Crippen molar-refractivity contribution in [2.75, 3.05) is 5.32 Å². The van der Waals surface area contributed by atoms with Gasteiger partial charge in [0.05, 0.1) is 24.5 Å². The second kappa shape index (κ2) is 10.8. The molecule has 0 fully saturated rings. The van der Waals surface area contributed by atoms with Gasteiger partial charge in [0.1, 0.15) is 0 Å². The number of pyridine rings is 1. The number of carboxylic acid groups (broad SMARTS) is 1. The molecule has 0 aliphatic carbocycles. The van der Waals surface area contributed by atoms with Crippen molar-refractivity contribution in [1.82, 2.24) is 4.98 Å². The molecule has 0 saturated carbocycles. The predicted octanol–water partition coefficient (Wildman–Crippen LogP) is 6.03. The first kappa shape index (κ1) is 23.9. The van der Waals surface area contributed by atoms with Crippen molar-refractivity contribution in [3.05, 3.63) is 119 Å². The van der Waals surface area contributed by atoms with Crippen LogP contribution in [0, 0.1) is 13.8 Å². The monoisotopic (exact) mass is 466 g/mol. The third kappa shape index (κ3) is 5.99. The van der Waals surface area contributed by atoms with Crippen LogP contribution in [-0.2, 0) is 18.0 Å². The van der Waals surface area contributed by atoms with E-state index in [-0.39, 0.29) is 11.5 Å². The largest absolute Gasteiger partial charge is 0.478 e. The molecule has 0 aliphatic heterocycles. The molecule has 0 radical (unpaired) electrons. The zero-order valence-corrected chi connectivity index (χ0v) is 19.6. The van der Waals surface area contributed by atoms with Gasteiger partial charge < -0.3 is 15.2 Å². The SMILES string of the molecule is Cc1ccc(-c2cnc(C)c(C(=O)O)c2)cc1C(=O)Nc1ccc(COCc2ccccc2)cc1. The minimum Gasteiger partial charge on any atom is -0.478 e. The maximum Gasteiger partial charge on any atom is 0.337 e. The minimum atomic E-state index is -1.03. The Kier molecular flexibility index (Phi) is 7.33. The van der Waals surface area contributed by atoms with Gasteiger partial charge >= 0.3 is 5.97 Å². The Morgan fingerprint density at radius 3 is 2.17 bits per heavy atom. The molecular formula is C29H26N2O4. The molecule has 176 valence electrons. The average molecular weight is 467 g/mol. The lowest BCUT2D eigenvalue weighted by Gasteiger charge is -2.11. The summed E-state index contributed by atoms with van der Waals surface area (Å²) in [6, 6.07) is 24.6. The fraction of sp³-hybridized carbons (Fsp3) is 0.138. The van der Waals surface area contributed by atoms with Crippen LogP contribution in [0.2, 0.25) is 0 Å². The number of anilines is 1. The van der Waals surface area contributed by atoms with E-state index in [4.69, 9.17) is 4.74 Å². The molecule has 0 unspecified atom stereocenters. The Balaban J connectivity index is 1.43. The first-order chi connectivity index (χ1) is 16.9. The number of rotatable bonds is 8. The normalized spacial score (nSPS) is 10.7. The van der Waals surface area contributed by atoms with E-state index in [9.17, 15) is 14.7 Å². The van der Waals surface area contributed by atoms with Crippen LogP contribution in [0.3, 0.4) is 0 Å². The van der Waals surface area contributed by atoms with E-state index < -0.39 is 5.97 Å². The molecule has 0 atom stereocenters. The summed E-state index contributed by atoms with van der Waals surface area (Å²) < 4.78 is 5.77. The van der Waals surface area contributed by atoms with Gasteiger partial charge in [-0.2, -0.15) is 0 Å². The zero-order chi connectivity index (χ0) is 24.8. The fourth-order valence-corrected chi connectivity index (χ4v) is 3.70. The van der Waals surface area contributed by atoms with E-state index in [1.807, 2.05) is 73.7 Å². The van der Waals surface area contributed by atoms with Crippen molar-refractivity contribution in [3.8, 4) is 11.1 Å². The summed E-state index contributed by atoms with van der Waals surface area (Å²) in [5.41, 5.74) is 6.08. The number of aromatic nitrogens is 1. The summed E-state index contributed by atoms with van der Waals surface area (Å²) in [6.07, 6.45) is 1.62. The first-order valence-electron chi connectivity index (χ1n) is 11.2. The highest BCUT2D eigenvalue weighted by molar-refractivity contribution is 6.06. The number of amides is 1. The Bertz CT molecular complexity index is 1350. The molecule has 4 aromatic rings. The number of carboxylic acids is 1. The number of hydrogen-bond acceptors (Lipinski definition) is 4. The maximum atomic E-state index is 13.0. The summed E-state index contributed by atoms with van der Waals surface area (Å²) in [4.78, 5) is 28.7. The fourth-order valence-electron chi connectivity index (χ4n) is 3.70. The lowest BCUT2D eigenvalue weighted by Crippen LogP contribution is -2.13. The molecule has 2 N–H and O–H groups in total. The van der Waals surface area contributed by atoms with Crippen LogP contribution >= 0.6 is 0 Å². The summed E-state index contributed by atoms with van der Waals surface area (Å²) in [6.45, 7) is 4.54. The first-order valence-corrected chi connectivity index (χ1v) is 11.2. The van der Waals surface area contributed by atoms with E-state index in [1.54, 1.807) is 25.3 Å². The van der Waals surface area contributed by atoms with Gasteiger partial charge in [-0.15, -0.1) is 0 Å². The van der Waals surface area contributed by atoms with Gasteiger partial charge in [-0.3, -0.25) is 9.78 Å². The molecule has 1 heterocycles. The number of aromatic carboxylic acids is 1. The average Bonchev–Trinajstić information content (AvgIpc) is 2.86. The van der Waals surface area contributed by atoms with E-state index in [1.165, 1.54) is 0 Å². The van der Waals surface area contributed by atoms with Gasteiger partial charge in [-0.05, 0) is 60.4 Å². The zero-order valence-electron chi connectivity index (χ0n) is 19.6. The number of nitrogens with zero attached hydrogens (tertiary/aromatic N) is 1. The lowest BCUT2D eigenvalue weighted by atomic mass is 9.99. The number of ether oxygens (including phenoxy) is 1. The second-order valence-electron chi connectivity index (χ2n) is 8.32. The predicted molar refractivity (Wildman–Crippen MR) is 135 cm³/mol. The topological polar surface area (TPSA) is 88.5 Å². The molecule has 1 amide bonds. The number of aryl methyl sites for hydroxylation is 2. The van der Waals surface area contributed by atoms with Crippen molar-refractivity contribution in [2.24, 2.45) is 0 Å². The summed E-state index contributed by atoms with van der Waals surface area (Å²) in [5, 5.41) is 12.3. The number of nitrogens with one attached hydrogen (secondary N) is 1. The summed E-state index contributed by atoms with van der Waals surface area (Å²) in [7, 11) is 0. The van der Waals surface area contributed by atoms with Crippen LogP contribution in [0.5, 0.6) is 0 Å². The molecule has 6 nitrogen and oxygen atoms in total. The minimum absolute atomic E-state index is 0.141. The van der Waals surface area contributed by atoms with Crippen LogP contribution in [0.15, 0.2) is 85.1 Å². The van der Waals surface area contributed by atoms with Gasteiger partial charge in [-0.25, -0.2) is 4.79 Å². The highest BCUT2D eigenvalue weighted by Crippen LogP contribution is 2.25. The number of carbonyl (C=O) groups excluding carboxylic acids is 1. The van der Waals surface area contributed by atoms with Crippen molar-refractivity contribution >= 4 is 17.6 Å². The van der Waals surface area contributed by atoms with Crippen LogP contribution in [0.4, 0.5) is 5.69 Å². The van der Waals surface area contributed by atoms with Crippen molar-refractivity contribution in [2.45, 2.75) is 27.1 Å². The third-order valence-electron chi connectivity index (χ3n) is 5.72. The second-order valence-corrected chi connectivity index (χ2v) is 8.32. The molecule has 0 saturated heterocycles. The molecule has 6 heteroatoms. The summed E-state index contributed by atoms with van der Waals surface area (Å²) in [5.74, 6) is -1.27. The maximum absolute atomic E-state index is 13.0. The Morgan fingerprint density at radius 1 is 0.829 bits per heavy atom. The summed E-state index contributed by atoms with van der Waals surface area (Å²) >= 11 is 0. The molecule has 0 bridgehead atoms. The smallest absolute Gasteiger partial charge is 0.337 e. The van der Waals surface area contributed by atoms with Gasteiger partial charge in [0.2, 0.25) is 0 Å². The van der Waals surface area contributed by atoms with Crippen LogP contribution < -0.4 is 5.32 Å². The highest BCUT2D eigenvalue weighted by atomic mass is 16.5. The number of carbonyl (C=O) groups is 2. The van der Waals surface area contributed by atoms with Gasteiger partial charge in [0, 0.05) is 23.0 Å². The third-order valence-corrected chi connectivity index (χ3v) is 5.72. The van der Waals surface area contributed by atoms with Crippen molar-refractivity contribution < 1.29 is 19.4 Å². The van der Waals surface area contributed by atoms with Gasteiger partial charge in [-0.1, -0.05) is 54.6 Å². The highest BCUT2D eigenvalue weighted by Gasteiger charge is 2.14. The Morgan fingerprint density at radius 2 is 1.49 bits per heavy atom. The molecular weight excluding hydrogens is 440 g/mol. The van der Waals surface area contributed by atoms with Gasteiger partial charge in [0.15, 0.2) is 0 Å². The molecule has 35 heavy (non-hydrogen) atoms. The Hall–Kier alpha value is -4.29. The van der Waals surface area contributed by atoms with E-state index in [0.29, 0.717) is 35.7 Å². The van der Waals surface area contributed by atoms with Crippen LogP contribution in [0.1, 0.15) is 43.1 Å². The Labute approximate surface area is 204 Å². The molecule has 0 aliphatic rings. The van der Waals surface area contributed by atoms with Crippen molar-refractivity contribution in [3.63, 3.8) is 0 Å². The molecule has 1 aromatic heterocycles. The van der Waals surface area contributed by atoms with Crippen molar-refractivity contribution in [1.29, 1.82) is 0 Å². The standard InChI is InChI=1S/C29H26N2O4/c1-19-8-11-23(24-15-27(29(33)34)20(2)30-16-24)14-26(19)28(32)31-25-12-9-22(10-13-25)18-35-17-21-6-4-3-5-7-21/h3-16H,17-18H2,1-2H3,(H,31,32)(H,33,34). The number of benzene rings is 3. The van der Waals surface area contributed by atoms with Crippen LogP contribution in [-0.4, -0.2) is 22.0 Å². The molecule has 0 spiro atoms.